The van der Waals surface area contributed by atoms with Gasteiger partial charge in [0.1, 0.15) is 0 Å². The number of ether oxygens (including phenoxy) is 1. The van der Waals surface area contributed by atoms with Crippen molar-refractivity contribution < 1.29 is 9.53 Å². The molecule has 1 N–H and O–H groups in total. The smallest absolute Gasteiger partial charge is 0.273 e. The van der Waals surface area contributed by atoms with Crippen molar-refractivity contribution in [1.82, 2.24) is 25.2 Å². The number of aromatic nitrogens is 3. The third-order valence-corrected chi connectivity index (χ3v) is 5.28. The van der Waals surface area contributed by atoms with Gasteiger partial charge in [-0.15, -0.1) is 5.10 Å². The number of benzene rings is 1. The maximum Gasteiger partial charge on any atom is 0.273 e. The number of carbonyl (C=O) groups excluding carboxylic acids is 1. The summed E-state index contributed by atoms with van der Waals surface area (Å²) >= 11 is 0. The highest BCUT2D eigenvalue weighted by Crippen LogP contribution is 2.25. The summed E-state index contributed by atoms with van der Waals surface area (Å²) in [5.74, 6) is -0.186. The van der Waals surface area contributed by atoms with E-state index < -0.39 is 0 Å². The van der Waals surface area contributed by atoms with Crippen LogP contribution in [0, 0.1) is 6.92 Å². The van der Waals surface area contributed by atoms with Crippen molar-refractivity contribution in [3.63, 3.8) is 0 Å². The molecule has 7 nitrogen and oxygen atoms in total. The van der Waals surface area contributed by atoms with Crippen LogP contribution in [0.1, 0.15) is 40.2 Å². The number of amides is 1. The lowest BCUT2D eigenvalue weighted by Gasteiger charge is -2.26. The third kappa shape index (κ3) is 3.24. The zero-order chi connectivity index (χ0) is 18.1. The highest BCUT2D eigenvalue weighted by molar-refractivity contribution is 5.93. The molecule has 0 aliphatic carbocycles. The number of nitrogens with one attached hydrogen (secondary N) is 1. The van der Waals surface area contributed by atoms with E-state index in [1.165, 1.54) is 11.1 Å². The van der Waals surface area contributed by atoms with Crippen LogP contribution in [-0.2, 0) is 17.7 Å². The zero-order valence-corrected chi connectivity index (χ0v) is 15.4. The summed E-state index contributed by atoms with van der Waals surface area (Å²) in [6.07, 6.45) is 3.15. The molecule has 1 amide bonds. The molecule has 1 fully saturated rings. The van der Waals surface area contributed by atoms with Gasteiger partial charge in [0.2, 0.25) is 0 Å². The summed E-state index contributed by atoms with van der Waals surface area (Å²) in [6.45, 7) is 5.16. The Balaban J connectivity index is 1.56. The minimum Gasteiger partial charge on any atom is -0.376 e. The maximum atomic E-state index is 12.5. The summed E-state index contributed by atoms with van der Waals surface area (Å²) in [5, 5.41) is 11.4. The van der Waals surface area contributed by atoms with E-state index >= 15 is 0 Å². The van der Waals surface area contributed by atoms with Crippen LogP contribution in [0.2, 0.25) is 0 Å². The van der Waals surface area contributed by atoms with E-state index in [0.29, 0.717) is 12.2 Å². The van der Waals surface area contributed by atoms with Crippen molar-refractivity contribution in [3.05, 3.63) is 40.7 Å². The molecule has 0 radical (unpaired) electrons. The Hall–Kier alpha value is -2.25. The van der Waals surface area contributed by atoms with Crippen LogP contribution in [0.4, 0.5) is 0 Å². The van der Waals surface area contributed by atoms with Crippen LogP contribution in [0.5, 0.6) is 0 Å². The van der Waals surface area contributed by atoms with Crippen LogP contribution in [0.15, 0.2) is 18.2 Å². The first kappa shape index (κ1) is 17.2. The largest absolute Gasteiger partial charge is 0.376 e. The number of nitrogens with zero attached hydrogens (tertiary/aromatic N) is 4. The molecule has 138 valence electrons. The molecule has 7 heteroatoms. The van der Waals surface area contributed by atoms with Crippen molar-refractivity contribution in [3.8, 4) is 5.69 Å². The molecule has 0 spiro atoms. The van der Waals surface area contributed by atoms with Gasteiger partial charge in [-0.3, -0.25) is 4.79 Å². The van der Waals surface area contributed by atoms with Gasteiger partial charge in [0, 0.05) is 26.2 Å². The minimum absolute atomic E-state index is 0.118. The lowest BCUT2D eigenvalue weighted by atomic mass is 9.98. The van der Waals surface area contributed by atoms with Gasteiger partial charge in [0.25, 0.3) is 5.91 Å². The van der Waals surface area contributed by atoms with E-state index in [0.717, 1.165) is 50.3 Å². The van der Waals surface area contributed by atoms with Crippen LogP contribution in [0.25, 0.3) is 5.69 Å². The highest BCUT2D eigenvalue weighted by Gasteiger charge is 2.23. The van der Waals surface area contributed by atoms with Gasteiger partial charge in [-0.05, 0) is 50.4 Å². The summed E-state index contributed by atoms with van der Waals surface area (Å²) in [4.78, 5) is 14.8. The number of rotatable bonds is 4. The fraction of sp³-hybridized carbons (Fsp3) is 0.526. The van der Waals surface area contributed by atoms with E-state index in [-0.39, 0.29) is 12.0 Å². The van der Waals surface area contributed by atoms with Crippen LogP contribution >= 0.6 is 0 Å². The van der Waals surface area contributed by atoms with Crippen molar-refractivity contribution in [2.45, 2.75) is 38.8 Å². The Morgan fingerprint density at radius 2 is 2.31 bits per heavy atom. The lowest BCUT2D eigenvalue weighted by Crippen LogP contribution is -2.32. The number of carbonyl (C=O) groups is 1. The summed E-state index contributed by atoms with van der Waals surface area (Å²) in [7, 11) is 2.13. The van der Waals surface area contributed by atoms with Gasteiger partial charge in [-0.1, -0.05) is 17.3 Å². The topological polar surface area (TPSA) is 72.3 Å². The molecular weight excluding hydrogens is 330 g/mol. The molecule has 4 rings (SSSR count). The lowest BCUT2D eigenvalue weighted by molar-refractivity contribution is 0.0853. The van der Waals surface area contributed by atoms with Gasteiger partial charge < -0.3 is 15.0 Å². The Kier molecular flexibility index (Phi) is 4.74. The average molecular weight is 355 g/mol. The zero-order valence-electron chi connectivity index (χ0n) is 15.4. The summed E-state index contributed by atoms with van der Waals surface area (Å²) < 4.78 is 7.35. The van der Waals surface area contributed by atoms with E-state index in [9.17, 15) is 4.79 Å². The molecule has 2 aliphatic heterocycles. The number of fused-ring (bicyclic) bond motifs is 1. The average Bonchev–Trinajstić information content (AvgIpc) is 3.28. The first-order valence-corrected chi connectivity index (χ1v) is 9.25. The van der Waals surface area contributed by atoms with Gasteiger partial charge in [0.15, 0.2) is 5.69 Å². The number of hydrogen-bond acceptors (Lipinski definition) is 5. The minimum atomic E-state index is -0.186. The van der Waals surface area contributed by atoms with E-state index in [1.807, 2.05) is 13.0 Å². The quantitative estimate of drug-likeness (QED) is 0.899. The molecule has 1 aromatic carbocycles. The third-order valence-electron chi connectivity index (χ3n) is 5.28. The van der Waals surface area contributed by atoms with Gasteiger partial charge in [-0.2, -0.15) is 0 Å². The fourth-order valence-electron chi connectivity index (χ4n) is 3.79. The highest BCUT2D eigenvalue weighted by atomic mass is 16.5. The maximum absolute atomic E-state index is 12.5. The molecule has 2 aliphatic rings. The second-order valence-corrected chi connectivity index (χ2v) is 7.18. The van der Waals surface area contributed by atoms with Crippen LogP contribution in [0.3, 0.4) is 0 Å². The summed E-state index contributed by atoms with van der Waals surface area (Å²) in [6, 6.07) is 6.27. The van der Waals surface area contributed by atoms with Crippen molar-refractivity contribution >= 4 is 5.91 Å². The van der Waals surface area contributed by atoms with E-state index in [2.05, 4.69) is 39.7 Å². The molecule has 1 aromatic heterocycles. The fourth-order valence-corrected chi connectivity index (χ4v) is 3.79. The molecule has 3 heterocycles. The Morgan fingerprint density at radius 3 is 3.12 bits per heavy atom. The molecular formula is C19H25N5O2. The normalized spacial score (nSPS) is 20.2. The first-order chi connectivity index (χ1) is 12.6. The van der Waals surface area contributed by atoms with Gasteiger partial charge >= 0.3 is 0 Å². The van der Waals surface area contributed by atoms with Crippen LogP contribution in [-0.4, -0.2) is 58.6 Å². The monoisotopic (exact) mass is 355 g/mol. The molecule has 1 atom stereocenters. The SMILES string of the molecule is Cc1c(C(=O)NC[C@H]2CCCO2)nnn1-c1cccc2c1CCN(C)C2. The molecule has 1 saturated heterocycles. The Morgan fingerprint density at radius 1 is 1.42 bits per heavy atom. The number of likely N-dealkylation sites (N-methyl/N-ethyl adjacent to an activating group) is 1. The van der Waals surface area contributed by atoms with Crippen LogP contribution < -0.4 is 5.32 Å². The molecule has 0 unspecified atom stereocenters. The number of hydrogen-bond donors (Lipinski definition) is 1. The van der Waals surface area contributed by atoms with Crippen molar-refractivity contribution in [1.29, 1.82) is 0 Å². The molecule has 2 aromatic rings. The molecule has 0 bridgehead atoms. The van der Waals surface area contributed by atoms with Gasteiger partial charge in [0.05, 0.1) is 17.5 Å². The standard InChI is InChI=1S/C19H25N5O2/c1-13-18(19(25)20-11-15-6-4-10-26-15)21-22-24(13)17-7-3-5-14-12-23(2)9-8-16(14)17/h3,5,7,15H,4,6,8-12H2,1-2H3,(H,20,25)/t15-/m1/s1. The Labute approximate surface area is 153 Å². The predicted octanol–water partition coefficient (Wildman–Crippen LogP) is 1.47. The van der Waals surface area contributed by atoms with E-state index in [4.69, 9.17) is 4.74 Å². The Bertz CT molecular complexity index is 810. The molecule has 0 saturated carbocycles. The second-order valence-electron chi connectivity index (χ2n) is 7.18. The van der Waals surface area contributed by atoms with Crippen molar-refractivity contribution in [2.24, 2.45) is 0 Å². The van der Waals surface area contributed by atoms with E-state index in [1.54, 1.807) is 4.68 Å². The second kappa shape index (κ2) is 7.17. The predicted molar refractivity (Wildman–Crippen MR) is 97.4 cm³/mol. The summed E-state index contributed by atoms with van der Waals surface area (Å²) in [5.41, 5.74) is 4.79. The van der Waals surface area contributed by atoms with Crippen molar-refractivity contribution in [2.75, 3.05) is 26.7 Å². The van der Waals surface area contributed by atoms with Gasteiger partial charge in [-0.25, -0.2) is 4.68 Å². The first-order valence-electron chi connectivity index (χ1n) is 9.25. The molecule has 26 heavy (non-hydrogen) atoms.